The van der Waals surface area contributed by atoms with Crippen LogP contribution in [0.5, 0.6) is 0 Å². The van der Waals surface area contributed by atoms with Crippen molar-refractivity contribution in [1.82, 2.24) is 9.78 Å². The van der Waals surface area contributed by atoms with E-state index in [1.807, 2.05) is 42.5 Å². The Morgan fingerprint density at radius 1 is 1.07 bits per heavy atom. The van der Waals surface area contributed by atoms with E-state index in [4.69, 9.17) is 0 Å². The molecule has 0 amide bonds. The van der Waals surface area contributed by atoms with Gasteiger partial charge in [0.05, 0.1) is 5.69 Å². The molecule has 1 aromatic heterocycles. The van der Waals surface area contributed by atoms with E-state index in [-0.39, 0.29) is 0 Å². The van der Waals surface area contributed by atoms with Crippen molar-refractivity contribution in [3.63, 3.8) is 0 Å². The minimum absolute atomic E-state index is 0.667. The number of carbonyl (C=O) groups excluding carboxylic acids is 1. The van der Waals surface area contributed by atoms with Crippen molar-refractivity contribution in [2.45, 2.75) is 0 Å². The van der Waals surface area contributed by atoms with Gasteiger partial charge >= 0.3 is 0 Å². The molecule has 2 rings (SSSR count). The van der Waals surface area contributed by atoms with Crippen LogP contribution in [-0.2, 0) is 4.79 Å². The first kappa shape index (κ1) is 9.40. The second-order valence-electron chi connectivity index (χ2n) is 3.07. The number of nitrogens with zero attached hydrogens (tertiary/aromatic N) is 2. The number of aromatic nitrogens is 2. The van der Waals surface area contributed by atoms with Gasteiger partial charge in [0.25, 0.3) is 0 Å². The van der Waals surface area contributed by atoms with Crippen LogP contribution in [0.3, 0.4) is 0 Å². The van der Waals surface area contributed by atoms with E-state index in [9.17, 15) is 4.79 Å². The number of hydrogen-bond donors (Lipinski definition) is 0. The zero-order valence-electron chi connectivity index (χ0n) is 8.08. The van der Waals surface area contributed by atoms with Gasteiger partial charge in [0.1, 0.15) is 0 Å². The van der Waals surface area contributed by atoms with E-state index in [1.54, 1.807) is 12.3 Å². The zero-order chi connectivity index (χ0) is 10.5. The molecule has 1 aromatic carbocycles. The highest BCUT2D eigenvalue weighted by Gasteiger charge is 1.92. The molecule has 0 aliphatic heterocycles. The normalized spacial score (nSPS) is 10.7. The van der Waals surface area contributed by atoms with Crippen LogP contribution in [0.15, 0.2) is 42.6 Å². The molecule has 2 aromatic rings. The van der Waals surface area contributed by atoms with Crippen molar-refractivity contribution in [3.8, 4) is 0 Å². The van der Waals surface area contributed by atoms with Gasteiger partial charge in [-0.3, -0.25) is 4.79 Å². The molecule has 0 bridgehead atoms. The minimum Gasteiger partial charge on any atom is -0.276 e. The highest BCUT2D eigenvalue weighted by molar-refractivity contribution is 5.68. The van der Waals surface area contributed by atoms with Crippen LogP contribution in [0, 0.1) is 0 Å². The van der Waals surface area contributed by atoms with Crippen LogP contribution in [0.4, 0.5) is 0 Å². The van der Waals surface area contributed by atoms with Crippen LogP contribution in [0.2, 0.25) is 0 Å². The first-order chi connectivity index (χ1) is 7.38. The molecule has 3 heteroatoms. The molecule has 0 fully saturated rings. The third-order valence-corrected chi connectivity index (χ3v) is 1.98. The Balaban J connectivity index is 2.15. The van der Waals surface area contributed by atoms with Crippen molar-refractivity contribution in [1.29, 1.82) is 0 Å². The summed E-state index contributed by atoms with van der Waals surface area (Å²) in [5, 5.41) is 4.01. The third kappa shape index (κ3) is 2.40. The highest BCUT2D eigenvalue weighted by atomic mass is 16.1. The number of benzene rings is 1. The molecule has 0 saturated heterocycles. The number of rotatable bonds is 3. The first-order valence-electron chi connectivity index (χ1n) is 4.62. The molecule has 0 aliphatic rings. The predicted molar refractivity (Wildman–Crippen MR) is 59.7 cm³/mol. The minimum atomic E-state index is 0.667. The summed E-state index contributed by atoms with van der Waals surface area (Å²) in [6.07, 6.45) is 6.12. The fraction of sp³-hybridized carbons (Fsp3) is 0. The summed E-state index contributed by atoms with van der Waals surface area (Å²) in [5.74, 6) is 0. The molecule has 15 heavy (non-hydrogen) atoms. The zero-order valence-corrected chi connectivity index (χ0v) is 8.08. The molecule has 3 nitrogen and oxygen atoms in total. The van der Waals surface area contributed by atoms with E-state index in [0.29, 0.717) is 6.41 Å². The largest absolute Gasteiger partial charge is 0.276 e. The maximum atomic E-state index is 10.4. The second-order valence-corrected chi connectivity index (χ2v) is 3.07. The summed E-state index contributed by atoms with van der Waals surface area (Å²) in [6, 6.07) is 11.7. The van der Waals surface area contributed by atoms with Crippen LogP contribution in [-0.4, -0.2) is 16.2 Å². The van der Waals surface area contributed by atoms with Gasteiger partial charge in [-0.25, -0.2) is 4.68 Å². The molecule has 0 unspecified atom stereocenters. The summed E-state index contributed by atoms with van der Waals surface area (Å²) in [6.45, 7) is 0. The molecule has 0 radical (unpaired) electrons. The fourth-order valence-corrected chi connectivity index (χ4v) is 1.25. The quantitative estimate of drug-likeness (QED) is 0.708. The molecule has 0 atom stereocenters. The lowest BCUT2D eigenvalue weighted by atomic mass is 10.2. The van der Waals surface area contributed by atoms with Crippen molar-refractivity contribution < 1.29 is 4.79 Å². The number of carbonyl (C=O) groups is 1. The SMILES string of the molecule is O=Cn1ccc(C=Cc2ccccc2)n1. The van der Waals surface area contributed by atoms with Crippen molar-refractivity contribution in [2.24, 2.45) is 0 Å². The summed E-state index contributed by atoms with van der Waals surface area (Å²) < 4.78 is 1.24. The molecule has 0 N–H and O–H groups in total. The third-order valence-electron chi connectivity index (χ3n) is 1.98. The van der Waals surface area contributed by atoms with Crippen LogP contribution in [0.1, 0.15) is 11.3 Å². The standard InChI is InChI=1S/C12H10N2O/c15-10-14-9-8-12(13-14)7-6-11-4-2-1-3-5-11/h1-10H. The second kappa shape index (κ2) is 4.37. The van der Waals surface area contributed by atoms with Crippen molar-refractivity contribution in [2.75, 3.05) is 0 Å². The summed E-state index contributed by atoms with van der Waals surface area (Å²) >= 11 is 0. The molecule has 0 spiro atoms. The average molecular weight is 198 g/mol. The fourth-order valence-electron chi connectivity index (χ4n) is 1.25. The van der Waals surface area contributed by atoms with Crippen LogP contribution in [0.25, 0.3) is 12.2 Å². The van der Waals surface area contributed by atoms with Crippen molar-refractivity contribution in [3.05, 3.63) is 53.9 Å². The summed E-state index contributed by atoms with van der Waals surface area (Å²) in [4.78, 5) is 10.4. The Bertz CT molecular complexity index is 471. The average Bonchev–Trinajstić information content (AvgIpc) is 2.76. The Kier molecular flexibility index (Phi) is 2.74. The molecule has 0 saturated carbocycles. The molecule has 74 valence electrons. The van der Waals surface area contributed by atoms with Crippen molar-refractivity contribution >= 4 is 18.6 Å². The molecular weight excluding hydrogens is 188 g/mol. The number of hydrogen-bond acceptors (Lipinski definition) is 2. The van der Waals surface area contributed by atoms with E-state index >= 15 is 0 Å². The predicted octanol–water partition coefficient (Wildman–Crippen LogP) is 2.09. The van der Waals surface area contributed by atoms with Gasteiger partial charge in [0.15, 0.2) is 0 Å². The lowest BCUT2D eigenvalue weighted by Gasteiger charge is -1.89. The maximum Gasteiger partial charge on any atom is 0.234 e. The van der Waals surface area contributed by atoms with E-state index in [1.165, 1.54) is 4.68 Å². The lowest BCUT2D eigenvalue weighted by molar-refractivity contribution is 0.540. The van der Waals surface area contributed by atoms with Gasteiger partial charge in [0.2, 0.25) is 6.41 Å². The summed E-state index contributed by atoms with van der Waals surface area (Å²) in [7, 11) is 0. The van der Waals surface area contributed by atoms with Gasteiger partial charge in [-0.05, 0) is 17.7 Å². The van der Waals surface area contributed by atoms with Crippen LogP contribution >= 0.6 is 0 Å². The summed E-state index contributed by atoms with van der Waals surface area (Å²) in [5.41, 5.74) is 1.88. The van der Waals surface area contributed by atoms with E-state index in [0.717, 1.165) is 11.3 Å². The van der Waals surface area contributed by atoms with Gasteiger partial charge in [0, 0.05) is 6.20 Å². The Hall–Kier alpha value is -2.16. The first-order valence-corrected chi connectivity index (χ1v) is 4.62. The Morgan fingerprint density at radius 3 is 2.53 bits per heavy atom. The Morgan fingerprint density at radius 2 is 1.87 bits per heavy atom. The van der Waals surface area contributed by atoms with E-state index < -0.39 is 0 Å². The van der Waals surface area contributed by atoms with Crippen LogP contribution < -0.4 is 0 Å². The van der Waals surface area contributed by atoms with Gasteiger partial charge in [-0.1, -0.05) is 36.4 Å². The lowest BCUT2D eigenvalue weighted by Crippen LogP contribution is -1.93. The molecule has 0 aliphatic carbocycles. The van der Waals surface area contributed by atoms with Gasteiger partial charge in [-0.2, -0.15) is 5.10 Å². The highest BCUT2D eigenvalue weighted by Crippen LogP contribution is 2.05. The van der Waals surface area contributed by atoms with E-state index in [2.05, 4.69) is 5.10 Å². The Labute approximate surface area is 87.7 Å². The maximum absolute atomic E-state index is 10.4. The van der Waals surface area contributed by atoms with Gasteiger partial charge < -0.3 is 0 Å². The molecule has 1 heterocycles. The topological polar surface area (TPSA) is 34.9 Å². The van der Waals surface area contributed by atoms with Gasteiger partial charge in [-0.15, -0.1) is 0 Å². The molecular formula is C12H10N2O. The smallest absolute Gasteiger partial charge is 0.234 e. The monoisotopic (exact) mass is 198 g/mol.